The van der Waals surface area contributed by atoms with Gasteiger partial charge in [-0.25, -0.2) is 9.79 Å². The van der Waals surface area contributed by atoms with E-state index >= 15 is 0 Å². The number of esters is 1. The Hall–Kier alpha value is -4.39. The van der Waals surface area contributed by atoms with Gasteiger partial charge in [-0.3, -0.25) is 4.79 Å². The Morgan fingerprint density at radius 2 is 1.74 bits per heavy atom. The Kier molecular flexibility index (Phi) is 7.35. The number of cyclic esters (lactones) is 1. The Labute approximate surface area is 197 Å². The lowest BCUT2D eigenvalue weighted by Crippen LogP contribution is -2.30. The molecule has 7 heteroatoms. The minimum atomic E-state index is -0.532. The van der Waals surface area contributed by atoms with Gasteiger partial charge in [-0.05, 0) is 47.9 Å². The van der Waals surface area contributed by atoms with Gasteiger partial charge in [0, 0.05) is 12.1 Å². The van der Waals surface area contributed by atoms with Gasteiger partial charge in [0.25, 0.3) is 5.91 Å². The number of methoxy groups -OCH3 is 1. The van der Waals surface area contributed by atoms with Crippen LogP contribution in [0.3, 0.4) is 0 Å². The third-order valence-corrected chi connectivity index (χ3v) is 5.07. The molecule has 1 aliphatic rings. The molecule has 172 valence electrons. The van der Waals surface area contributed by atoms with Crippen LogP contribution in [-0.4, -0.2) is 38.0 Å². The minimum absolute atomic E-state index is 0.163. The molecule has 1 aliphatic heterocycles. The van der Waals surface area contributed by atoms with Crippen LogP contribution in [0.1, 0.15) is 16.7 Å². The first-order valence-electron chi connectivity index (χ1n) is 10.8. The molecule has 0 spiro atoms. The first-order valence-corrected chi connectivity index (χ1v) is 10.8. The smallest absolute Gasteiger partial charge is 0.363 e. The van der Waals surface area contributed by atoms with Crippen molar-refractivity contribution in [1.29, 1.82) is 0 Å². The fraction of sp³-hybridized carbons (Fsp3) is 0.148. The van der Waals surface area contributed by atoms with E-state index in [0.717, 1.165) is 17.5 Å². The highest BCUT2D eigenvalue weighted by Crippen LogP contribution is 2.29. The number of hydrogen-bond acceptors (Lipinski definition) is 6. The van der Waals surface area contributed by atoms with E-state index in [1.165, 1.54) is 7.11 Å². The lowest BCUT2D eigenvalue weighted by Gasteiger charge is -2.12. The second-order valence-electron chi connectivity index (χ2n) is 7.49. The van der Waals surface area contributed by atoms with Gasteiger partial charge in [0.05, 0.1) is 7.11 Å². The van der Waals surface area contributed by atoms with Crippen molar-refractivity contribution in [1.82, 2.24) is 5.32 Å². The molecule has 0 bridgehead atoms. The normalized spacial score (nSPS) is 13.9. The van der Waals surface area contributed by atoms with Crippen molar-refractivity contribution in [2.75, 3.05) is 20.3 Å². The highest BCUT2D eigenvalue weighted by molar-refractivity contribution is 6.12. The molecule has 3 aromatic rings. The summed E-state index contributed by atoms with van der Waals surface area (Å²) in [6.07, 6.45) is 2.34. The molecule has 0 saturated carbocycles. The van der Waals surface area contributed by atoms with Crippen molar-refractivity contribution in [3.05, 3.63) is 101 Å². The zero-order valence-corrected chi connectivity index (χ0v) is 18.7. The molecule has 0 unspecified atom stereocenters. The lowest BCUT2D eigenvalue weighted by molar-refractivity contribution is -0.130. The molecule has 0 aromatic heterocycles. The fourth-order valence-corrected chi connectivity index (χ4v) is 3.35. The number of ether oxygens (including phenoxy) is 3. The van der Waals surface area contributed by atoms with Crippen LogP contribution in [0.2, 0.25) is 0 Å². The molecule has 4 rings (SSSR count). The van der Waals surface area contributed by atoms with Crippen LogP contribution in [0.4, 0.5) is 0 Å². The number of nitrogens with zero attached hydrogens (tertiary/aromatic N) is 1. The summed E-state index contributed by atoms with van der Waals surface area (Å²) in [6.45, 7) is 0.350. The van der Waals surface area contributed by atoms with Crippen molar-refractivity contribution in [3.8, 4) is 11.5 Å². The standard InChI is InChI=1S/C27H24N2O5/c1-32-23-13-12-20(16-22-27(31)34-26(29-22)21-10-6-3-7-11-21)17-24(23)33-18-25(30)28-15-14-19-8-4-2-5-9-19/h2-13,16-17H,14-15,18H2,1H3,(H,28,30)/b22-16+. The monoisotopic (exact) mass is 456 g/mol. The van der Waals surface area contributed by atoms with Crippen molar-refractivity contribution in [3.63, 3.8) is 0 Å². The van der Waals surface area contributed by atoms with Crippen LogP contribution >= 0.6 is 0 Å². The lowest BCUT2D eigenvalue weighted by atomic mass is 10.1. The molecule has 0 fully saturated rings. The predicted octanol–water partition coefficient (Wildman–Crippen LogP) is 3.78. The van der Waals surface area contributed by atoms with Crippen LogP contribution in [0.5, 0.6) is 11.5 Å². The average molecular weight is 456 g/mol. The number of hydrogen-bond donors (Lipinski definition) is 1. The van der Waals surface area contributed by atoms with E-state index in [0.29, 0.717) is 23.6 Å². The Morgan fingerprint density at radius 1 is 1.00 bits per heavy atom. The zero-order valence-electron chi connectivity index (χ0n) is 18.7. The molecular formula is C27H24N2O5. The minimum Gasteiger partial charge on any atom is -0.493 e. The van der Waals surface area contributed by atoms with Gasteiger partial charge in [0.15, 0.2) is 23.8 Å². The second kappa shape index (κ2) is 11.0. The Morgan fingerprint density at radius 3 is 2.47 bits per heavy atom. The van der Waals surface area contributed by atoms with Crippen molar-refractivity contribution in [2.45, 2.75) is 6.42 Å². The maximum atomic E-state index is 12.3. The van der Waals surface area contributed by atoms with E-state index in [1.54, 1.807) is 24.3 Å². The summed E-state index contributed by atoms with van der Waals surface area (Å²) in [5.74, 6) is 0.345. The van der Waals surface area contributed by atoms with E-state index in [2.05, 4.69) is 10.3 Å². The number of benzene rings is 3. The summed E-state index contributed by atoms with van der Waals surface area (Å²) >= 11 is 0. The molecule has 34 heavy (non-hydrogen) atoms. The molecule has 1 heterocycles. The van der Waals surface area contributed by atoms with Gasteiger partial charge >= 0.3 is 5.97 Å². The summed E-state index contributed by atoms with van der Waals surface area (Å²) in [6, 6.07) is 24.3. The third kappa shape index (κ3) is 5.89. The van der Waals surface area contributed by atoms with E-state index < -0.39 is 5.97 Å². The van der Waals surface area contributed by atoms with Crippen LogP contribution in [0, 0.1) is 0 Å². The first-order chi connectivity index (χ1) is 16.6. The summed E-state index contributed by atoms with van der Waals surface area (Å²) in [4.78, 5) is 28.8. The van der Waals surface area contributed by atoms with Crippen molar-refractivity contribution in [2.24, 2.45) is 4.99 Å². The van der Waals surface area contributed by atoms with Crippen LogP contribution < -0.4 is 14.8 Å². The van der Waals surface area contributed by atoms with E-state index in [1.807, 2.05) is 60.7 Å². The highest BCUT2D eigenvalue weighted by Gasteiger charge is 2.24. The number of rotatable bonds is 9. The first kappa shape index (κ1) is 22.8. The zero-order chi connectivity index (χ0) is 23.8. The van der Waals surface area contributed by atoms with E-state index in [-0.39, 0.29) is 24.1 Å². The quantitative estimate of drug-likeness (QED) is 0.391. The van der Waals surface area contributed by atoms with Gasteiger partial charge in [0.1, 0.15) is 0 Å². The number of aliphatic imine (C=N–C) groups is 1. The molecule has 0 radical (unpaired) electrons. The summed E-state index contributed by atoms with van der Waals surface area (Å²) < 4.78 is 16.3. The van der Waals surface area contributed by atoms with Crippen LogP contribution in [-0.2, 0) is 20.7 Å². The maximum Gasteiger partial charge on any atom is 0.363 e. The SMILES string of the molecule is COc1ccc(/C=C2/N=C(c3ccccc3)OC2=O)cc1OCC(=O)NCCc1ccccc1. The summed E-state index contributed by atoms with van der Waals surface area (Å²) in [7, 11) is 1.52. The maximum absolute atomic E-state index is 12.3. The van der Waals surface area contributed by atoms with Gasteiger partial charge in [-0.1, -0.05) is 54.6 Å². The highest BCUT2D eigenvalue weighted by atomic mass is 16.6. The molecule has 1 amide bonds. The van der Waals surface area contributed by atoms with Gasteiger partial charge in [-0.15, -0.1) is 0 Å². The van der Waals surface area contributed by atoms with E-state index in [4.69, 9.17) is 14.2 Å². The van der Waals surface area contributed by atoms with Crippen LogP contribution in [0.25, 0.3) is 6.08 Å². The number of carbonyl (C=O) groups is 2. The van der Waals surface area contributed by atoms with E-state index in [9.17, 15) is 9.59 Å². The van der Waals surface area contributed by atoms with Crippen molar-refractivity contribution < 1.29 is 23.8 Å². The number of carbonyl (C=O) groups excluding carboxylic acids is 2. The molecular weight excluding hydrogens is 432 g/mol. The number of amides is 1. The largest absolute Gasteiger partial charge is 0.493 e. The van der Waals surface area contributed by atoms with Gasteiger partial charge < -0.3 is 19.5 Å². The second-order valence-corrected chi connectivity index (χ2v) is 7.49. The summed E-state index contributed by atoms with van der Waals surface area (Å²) in [5.41, 5.74) is 2.70. The topological polar surface area (TPSA) is 86.2 Å². The molecule has 0 aliphatic carbocycles. The molecule has 0 atom stereocenters. The Balaban J connectivity index is 1.40. The predicted molar refractivity (Wildman–Crippen MR) is 129 cm³/mol. The number of nitrogens with one attached hydrogen (secondary N) is 1. The molecule has 0 saturated heterocycles. The third-order valence-electron chi connectivity index (χ3n) is 5.07. The summed E-state index contributed by atoms with van der Waals surface area (Å²) in [5, 5.41) is 2.84. The van der Waals surface area contributed by atoms with Crippen molar-refractivity contribution >= 4 is 23.9 Å². The van der Waals surface area contributed by atoms with Crippen LogP contribution in [0.15, 0.2) is 89.6 Å². The molecule has 1 N–H and O–H groups in total. The Bertz CT molecular complexity index is 1220. The molecule has 7 nitrogen and oxygen atoms in total. The molecule has 3 aromatic carbocycles. The van der Waals surface area contributed by atoms with Gasteiger partial charge in [-0.2, -0.15) is 0 Å². The average Bonchev–Trinajstić information content (AvgIpc) is 3.24. The van der Waals surface area contributed by atoms with Gasteiger partial charge in [0.2, 0.25) is 5.90 Å². The fourth-order valence-electron chi connectivity index (χ4n) is 3.35.